The van der Waals surface area contributed by atoms with E-state index in [0.717, 1.165) is 18.5 Å². The standard InChI is InChI=1S/C12H13F3N4O3S2/c1-23(20,10-5-3-2-4-6-10)18-24(21,22)17-11-7-8-19(16-11)9-12(13,14)15/h2-8H,9H2,1H3,(H,16,17). The van der Waals surface area contributed by atoms with E-state index in [0.29, 0.717) is 4.68 Å². The van der Waals surface area contributed by atoms with Crippen LogP contribution in [-0.4, -0.2) is 34.8 Å². The van der Waals surface area contributed by atoms with Crippen molar-refractivity contribution in [2.24, 2.45) is 3.77 Å². The van der Waals surface area contributed by atoms with Gasteiger partial charge in [0, 0.05) is 23.4 Å². The zero-order valence-corrected chi connectivity index (χ0v) is 13.9. The number of alkyl halides is 3. The van der Waals surface area contributed by atoms with Crippen LogP contribution >= 0.6 is 0 Å². The summed E-state index contributed by atoms with van der Waals surface area (Å²) in [6, 6.07) is 8.77. The lowest BCUT2D eigenvalue weighted by Crippen LogP contribution is -2.18. The monoisotopic (exact) mass is 382 g/mol. The maximum Gasteiger partial charge on any atom is 0.408 e. The summed E-state index contributed by atoms with van der Waals surface area (Å²) in [5, 5.41) is 3.44. The molecule has 0 saturated heterocycles. The predicted octanol–water partition coefficient (Wildman–Crippen LogP) is 2.26. The van der Waals surface area contributed by atoms with Gasteiger partial charge in [0.15, 0.2) is 5.82 Å². The minimum atomic E-state index is -4.49. The van der Waals surface area contributed by atoms with E-state index in [4.69, 9.17) is 0 Å². The zero-order chi connectivity index (χ0) is 18.0. The molecule has 12 heteroatoms. The molecular weight excluding hydrogens is 369 g/mol. The van der Waals surface area contributed by atoms with Gasteiger partial charge < -0.3 is 0 Å². The summed E-state index contributed by atoms with van der Waals surface area (Å²) in [6.45, 7) is -1.36. The predicted molar refractivity (Wildman–Crippen MR) is 82.0 cm³/mol. The van der Waals surface area contributed by atoms with Crippen LogP contribution in [0.3, 0.4) is 0 Å². The Balaban J connectivity index is 2.23. The molecule has 1 atom stereocenters. The molecule has 0 bridgehead atoms. The first-order chi connectivity index (χ1) is 11.0. The highest BCUT2D eigenvalue weighted by molar-refractivity contribution is 8.03. The quantitative estimate of drug-likeness (QED) is 0.858. The number of hydrogen-bond donors (Lipinski definition) is 1. The van der Waals surface area contributed by atoms with E-state index < -0.39 is 32.7 Å². The smallest absolute Gasteiger partial charge is 0.261 e. The van der Waals surface area contributed by atoms with Crippen LogP contribution in [0.25, 0.3) is 0 Å². The highest BCUT2D eigenvalue weighted by Gasteiger charge is 2.28. The fraction of sp³-hybridized carbons (Fsp3) is 0.250. The van der Waals surface area contributed by atoms with E-state index in [-0.39, 0.29) is 10.7 Å². The zero-order valence-electron chi connectivity index (χ0n) is 12.3. The van der Waals surface area contributed by atoms with Gasteiger partial charge in [-0.1, -0.05) is 22.0 Å². The molecule has 1 N–H and O–H groups in total. The fourth-order valence-electron chi connectivity index (χ4n) is 1.74. The number of hydrogen-bond acceptors (Lipinski definition) is 4. The largest absolute Gasteiger partial charge is 0.408 e. The molecule has 2 rings (SSSR count). The Hall–Kier alpha value is -2.08. The molecule has 1 aromatic carbocycles. The second-order valence-corrected chi connectivity index (χ2v) is 8.61. The maximum atomic E-state index is 12.4. The van der Waals surface area contributed by atoms with Gasteiger partial charge >= 0.3 is 16.4 Å². The molecule has 24 heavy (non-hydrogen) atoms. The van der Waals surface area contributed by atoms with Gasteiger partial charge in [0.1, 0.15) is 6.54 Å². The van der Waals surface area contributed by atoms with Crippen molar-refractivity contribution in [2.75, 3.05) is 11.0 Å². The third-order valence-electron chi connectivity index (χ3n) is 2.64. The number of aromatic nitrogens is 2. The van der Waals surface area contributed by atoms with Crippen LogP contribution in [0.4, 0.5) is 19.0 Å². The molecule has 2 aromatic rings. The van der Waals surface area contributed by atoms with Crippen LogP contribution in [0, 0.1) is 0 Å². The molecule has 1 unspecified atom stereocenters. The van der Waals surface area contributed by atoms with Gasteiger partial charge in [0.2, 0.25) is 0 Å². The van der Waals surface area contributed by atoms with Crippen molar-refractivity contribution in [1.29, 1.82) is 0 Å². The van der Waals surface area contributed by atoms with Crippen molar-refractivity contribution < 1.29 is 25.8 Å². The van der Waals surface area contributed by atoms with E-state index in [9.17, 15) is 25.8 Å². The Morgan fingerprint density at radius 3 is 2.38 bits per heavy atom. The Kier molecular flexibility index (Phi) is 4.90. The highest BCUT2D eigenvalue weighted by atomic mass is 32.3. The minimum absolute atomic E-state index is 0.206. The number of rotatable bonds is 5. The molecule has 0 saturated carbocycles. The lowest BCUT2D eigenvalue weighted by Gasteiger charge is -2.06. The SMILES string of the molecule is CS(=O)(=NS(=O)(=O)Nc1ccn(CC(F)(F)F)n1)c1ccccc1. The second kappa shape index (κ2) is 6.43. The number of nitrogens with zero attached hydrogens (tertiary/aromatic N) is 3. The fourth-order valence-corrected chi connectivity index (χ4v) is 4.77. The lowest BCUT2D eigenvalue weighted by molar-refractivity contribution is -0.142. The lowest BCUT2D eigenvalue weighted by atomic mass is 10.4. The molecule has 0 spiro atoms. The van der Waals surface area contributed by atoms with Crippen molar-refractivity contribution in [3.8, 4) is 0 Å². The molecule has 1 aromatic heterocycles. The molecule has 0 aliphatic heterocycles. The van der Waals surface area contributed by atoms with Crippen molar-refractivity contribution >= 4 is 25.8 Å². The highest BCUT2D eigenvalue weighted by Crippen LogP contribution is 2.18. The molecule has 0 aliphatic rings. The van der Waals surface area contributed by atoms with Gasteiger partial charge in [-0.05, 0) is 12.1 Å². The topological polar surface area (TPSA) is 93.4 Å². The number of benzene rings is 1. The van der Waals surface area contributed by atoms with Crippen LogP contribution in [0.1, 0.15) is 0 Å². The normalized spacial score (nSPS) is 14.8. The number of anilines is 1. The summed E-state index contributed by atoms with van der Waals surface area (Å²) in [5.74, 6) is -0.355. The molecule has 0 aliphatic carbocycles. The number of halogens is 3. The summed E-state index contributed by atoms with van der Waals surface area (Å²) in [7, 11) is -7.68. The van der Waals surface area contributed by atoms with E-state index in [1.807, 2.05) is 4.72 Å². The van der Waals surface area contributed by atoms with Gasteiger partial charge in [-0.15, -0.1) is 0 Å². The molecule has 0 amide bonds. The average Bonchev–Trinajstić information content (AvgIpc) is 2.82. The van der Waals surface area contributed by atoms with Crippen molar-refractivity contribution in [3.05, 3.63) is 42.6 Å². The van der Waals surface area contributed by atoms with E-state index >= 15 is 0 Å². The Morgan fingerprint density at radius 2 is 1.79 bits per heavy atom. The summed E-state index contributed by atoms with van der Waals surface area (Å²) in [6.07, 6.45) is -2.38. The second-order valence-electron chi connectivity index (χ2n) is 4.78. The van der Waals surface area contributed by atoms with Crippen LogP contribution in [0.2, 0.25) is 0 Å². The van der Waals surface area contributed by atoms with E-state index in [1.54, 1.807) is 18.2 Å². The summed E-state index contributed by atoms with van der Waals surface area (Å²) < 4.78 is 78.8. The molecular formula is C12H13F3N4O3S2. The number of nitrogens with one attached hydrogen (secondary N) is 1. The maximum absolute atomic E-state index is 12.4. The first-order valence-electron chi connectivity index (χ1n) is 6.38. The van der Waals surface area contributed by atoms with Gasteiger partial charge in [-0.3, -0.25) is 4.68 Å². The first kappa shape index (κ1) is 18.3. The van der Waals surface area contributed by atoms with Crippen LogP contribution in [0.5, 0.6) is 0 Å². The Labute approximate surface area is 136 Å². The molecule has 7 nitrogen and oxygen atoms in total. The molecule has 132 valence electrons. The van der Waals surface area contributed by atoms with E-state index in [1.165, 1.54) is 12.1 Å². The third kappa shape index (κ3) is 5.23. The summed E-state index contributed by atoms with van der Waals surface area (Å²) in [4.78, 5) is 0.206. The third-order valence-corrected chi connectivity index (χ3v) is 6.17. The Bertz CT molecular complexity index is 930. The Morgan fingerprint density at radius 1 is 1.17 bits per heavy atom. The summed E-state index contributed by atoms with van der Waals surface area (Å²) >= 11 is 0. The average molecular weight is 382 g/mol. The van der Waals surface area contributed by atoms with Gasteiger partial charge in [-0.25, -0.2) is 8.93 Å². The molecule has 0 radical (unpaired) electrons. The summed E-state index contributed by atoms with van der Waals surface area (Å²) in [5.41, 5.74) is 0. The van der Waals surface area contributed by atoms with Gasteiger partial charge in [-0.2, -0.15) is 26.7 Å². The van der Waals surface area contributed by atoms with Gasteiger partial charge in [0.05, 0.1) is 9.73 Å². The van der Waals surface area contributed by atoms with Crippen LogP contribution < -0.4 is 4.72 Å². The van der Waals surface area contributed by atoms with Crippen LogP contribution in [0.15, 0.2) is 51.3 Å². The van der Waals surface area contributed by atoms with Gasteiger partial charge in [0.25, 0.3) is 0 Å². The molecule has 0 fully saturated rings. The molecule has 1 heterocycles. The minimum Gasteiger partial charge on any atom is -0.261 e. The van der Waals surface area contributed by atoms with Crippen molar-refractivity contribution in [2.45, 2.75) is 17.6 Å². The van der Waals surface area contributed by atoms with Crippen LogP contribution in [-0.2, 0) is 26.5 Å². The van der Waals surface area contributed by atoms with Crippen molar-refractivity contribution in [1.82, 2.24) is 9.78 Å². The van der Waals surface area contributed by atoms with Crippen molar-refractivity contribution in [3.63, 3.8) is 0 Å². The first-order valence-corrected chi connectivity index (χ1v) is 9.75. The van der Waals surface area contributed by atoms with E-state index in [2.05, 4.69) is 8.87 Å².